The molecule has 0 spiro atoms. The van der Waals surface area contributed by atoms with Gasteiger partial charge in [0.15, 0.2) is 0 Å². The number of sulfonamides is 1. The molecule has 0 N–H and O–H groups in total. The molecule has 2 atom stereocenters. The van der Waals surface area contributed by atoms with E-state index in [9.17, 15) is 21.6 Å². The number of benzene rings is 2. The standard InChI is InChI=1S/C16H14F3NO2S/c1-11-2-8-14(9-3-11)23(21,22)20-10-15(20)12-4-6-13(7-5-12)16(17,18)19/h2-9,15H,10H2,1H3. The predicted molar refractivity (Wildman–Crippen MR) is 79.3 cm³/mol. The van der Waals surface area contributed by atoms with Crippen molar-refractivity contribution in [3.05, 3.63) is 65.2 Å². The van der Waals surface area contributed by atoms with Gasteiger partial charge in [0, 0.05) is 6.54 Å². The van der Waals surface area contributed by atoms with E-state index in [1.165, 1.54) is 28.6 Å². The van der Waals surface area contributed by atoms with Crippen LogP contribution in [0.5, 0.6) is 0 Å². The molecule has 0 aromatic heterocycles. The molecular formula is C16H14F3NO2S. The molecule has 0 amide bonds. The molecule has 3 nitrogen and oxygen atoms in total. The SMILES string of the molecule is Cc1ccc(S(=O)(=O)N2CC2c2ccc(C(F)(F)F)cc2)cc1. The van der Waals surface area contributed by atoms with Crippen LogP contribution in [0.1, 0.15) is 22.7 Å². The highest BCUT2D eigenvalue weighted by atomic mass is 32.2. The van der Waals surface area contributed by atoms with Crippen molar-refractivity contribution in [1.29, 1.82) is 0 Å². The Morgan fingerprint density at radius 1 is 1.00 bits per heavy atom. The molecular weight excluding hydrogens is 327 g/mol. The average molecular weight is 341 g/mol. The highest BCUT2D eigenvalue weighted by Gasteiger charge is 2.45. The second-order valence-electron chi connectivity index (χ2n) is 5.52. The molecule has 0 bridgehead atoms. The van der Waals surface area contributed by atoms with Gasteiger partial charge in [-0.15, -0.1) is 0 Å². The lowest BCUT2D eigenvalue weighted by molar-refractivity contribution is -0.137. The summed E-state index contributed by atoms with van der Waals surface area (Å²) in [6, 6.07) is 10.7. The van der Waals surface area contributed by atoms with E-state index in [4.69, 9.17) is 0 Å². The monoisotopic (exact) mass is 341 g/mol. The van der Waals surface area contributed by atoms with E-state index in [0.29, 0.717) is 5.56 Å². The van der Waals surface area contributed by atoms with Crippen LogP contribution in [0.4, 0.5) is 13.2 Å². The lowest BCUT2D eigenvalue weighted by Crippen LogP contribution is -2.12. The Kier molecular flexibility index (Phi) is 3.72. The van der Waals surface area contributed by atoms with Gasteiger partial charge in [-0.3, -0.25) is 0 Å². The van der Waals surface area contributed by atoms with Crippen molar-refractivity contribution in [2.45, 2.75) is 24.0 Å². The highest BCUT2D eigenvalue weighted by molar-refractivity contribution is 7.89. The van der Waals surface area contributed by atoms with Crippen molar-refractivity contribution in [3.63, 3.8) is 0 Å². The number of rotatable bonds is 3. The van der Waals surface area contributed by atoms with Crippen LogP contribution in [0.2, 0.25) is 0 Å². The molecule has 0 radical (unpaired) electrons. The molecule has 2 unspecified atom stereocenters. The summed E-state index contributed by atoms with van der Waals surface area (Å²) in [5.41, 5.74) is 0.776. The van der Waals surface area contributed by atoms with Crippen molar-refractivity contribution >= 4 is 10.0 Å². The molecule has 0 saturated carbocycles. The van der Waals surface area contributed by atoms with E-state index in [1.54, 1.807) is 12.1 Å². The van der Waals surface area contributed by atoms with Gasteiger partial charge in [0.05, 0.1) is 16.5 Å². The Labute approximate surface area is 132 Å². The third-order valence-electron chi connectivity index (χ3n) is 3.82. The number of alkyl halides is 3. The van der Waals surface area contributed by atoms with Crippen molar-refractivity contribution in [2.75, 3.05) is 6.54 Å². The smallest absolute Gasteiger partial charge is 0.207 e. The summed E-state index contributed by atoms with van der Waals surface area (Å²) < 4.78 is 63.9. The van der Waals surface area contributed by atoms with Crippen molar-refractivity contribution in [2.24, 2.45) is 0 Å². The van der Waals surface area contributed by atoms with Gasteiger partial charge in [0.1, 0.15) is 0 Å². The topological polar surface area (TPSA) is 37.1 Å². The van der Waals surface area contributed by atoms with Crippen LogP contribution in [0, 0.1) is 6.92 Å². The van der Waals surface area contributed by atoms with Gasteiger partial charge in [0.25, 0.3) is 0 Å². The van der Waals surface area contributed by atoms with Crippen LogP contribution in [0.15, 0.2) is 53.4 Å². The molecule has 3 rings (SSSR count). The average Bonchev–Trinajstić information content (AvgIpc) is 3.28. The Morgan fingerprint density at radius 3 is 2.09 bits per heavy atom. The van der Waals surface area contributed by atoms with Crippen LogP contribution >= 0.6 is 0 Å². The van der Waals surface area contributed by atoms with Crippen LogP contribution in [-0.2, 0) is 16.2 Å². The minimum absolute atomic E-state index is 0.192. The maximum absolute atomic E-state index is 12.5. The quantitative estimate of drug-likeness (QED) is 0.797. The van der Waals surface area contributed by atoms with Crippen LogP contribution in [-0.4, -0.2) is 19.3 Å². The van der Waals surface area contributed by atoms with E-state index in [0.717, 1.165) is 17.7 Å². The Balaban J connectivity index is 1.80. The lowest BCUT2D eigenvalue weighted by Gasteiger charge is -2.09. The number of hydrogen-bond acceptors (Lipinski definition) is 2. The Bertz CT molecular complexity index is 812. The number of halogens is 3. The Morgan fingerprint density at radius 2 is 1.57 bits per heavy atom. The summed E-state index contributed by atoms with van der Waals surface area (Å²) in [5.74, 6) is 0. The van der Waals surface area contributed by atoms with Gasteiger partial charge >= 0.3 is 6.18 Å². The largest absolute Gasteiger partial charge is 0.416 e. The fourth-order valence-electron chi connectivity index (χ4n) is 2.40. The minimum Gasteiger partial charge on any atom is -0.207 e. The number of aryl methyl sites for hydroxylation is 1. The zero-order valence-electron chi connectivity index (χ0n) is 12.2. The first-order chi connectivity index (χ1) is 10.7. The summed E-state index contributed by atoms with van der Waals surface area (Å²) >= 11 is 0. The maximum Gasteiger partial charge on any atom is 0.416 e. The first-order valence-corrected chi connectivity index (χ1v) is 8.39. The van der Waals surface area contributed by atoms with E-state index < -0.39 is 27.8 Å². The molecule has 122 valence electrons. The molecule has 1 aliphatic heterocycles. The summed E-state index contributed by atoms with van der Waals surface area (Å²) in [4.78, 5) is 0.192. The van der Waals surface area contributed by atoms with E-state index in [2.05, 4.69) is 0 Å². The molecule has 7 heteroatoms. The second-order valence-corrected chi connectivity index (χ2v) is 7.41. The third-order valence-corrected chi connectivity index (χ3v) is 5.71. The predicted octanol–water partition coefficient (Wildman–Crippen LogP) is 3.76. The van der Waals surface area contributed by atoms with Gasteiger partial charge in [-0.1, -0.05) is 29.8 Å². The summed E-state index contributed by atoms with van der Waals surface area (Å²) in [6.45, 7) is 2.14. The molecule has 1 saturated heterocycles. The van der Waals surface area contributed by atoms with Crippen molar-refractivity contribution < 1.29 is 21.6 Å². The van der Waals surface area contributed by atoms with Gasteiger partial charge in [-0.2, -0.15) is 17.5 Å². The summed E-state index contributed by atoms with van der Waals surface area (Å²) in [5, 5.41) is 0. The molecule has 1 aliphatic rings. The Hall–Kier alpha value is -1.86. The fraction of sp³-hybridized carbons (Fsp3) is 0.250. The molecule has 23 heavy (non-hydrogen) atoms. The number of hydrogen-bond donors (Lipinski definition) is 0. The second kappa shape index (κ2) is 5.35. The first-order valence-electron chi connectivity index (χ1n) is 6.95. The zero-order chi connectivity index (χ0) is 16.8. The van der Waals surface area contributed by atoms with Crippen molar-refractivity contribution in [1.82, 2.24) is 4.31 Å². The van der Waals surface area contributed by atoms with Gasteiger partial charge in [-0.25, -0.2) is 8.42 Å². The van der Waals surface area contributed by atoms with Crippen LogP contribution in [0.3, 0.4) is 0 Å². The first kappa shape index (κ1) is 16.0. The molecule has 2 aromatic rings. The van der Waals surface area contributed by atoms with E-state index in [-0.39, 0.29) is 11.4 Å². The molecule has 2 aromatic carbocycles. The highest BCUT2D eigenvalue weighted by Crippen LogP contribution is 2.41. The van der Waals surface area contributed by atoms with Gasteiger partial charge < -0.3 is 0 Å². The molecule has 1 fully saturated rings. The van der Waals surface area contributed by atoms with Crippen LogP contribution < -0.4 is 0 Å². The lowest BCUT2D eigenvalue weighted by atomic mass is 10.1. The minimum atomic E-state index is -4.39. The molecule has 1 heterocycles. The normalized spacial score (nSPS) is 21.2. The van der Waals surface area contributed by atoms with Gasteiger partial charge in [0.2, 0.25) is 10.0 Å². The van der Waals surface area contributed by atoms with Crippen LogP contribution in [0.25, 0.3) is 0 Å². The number of nitrogens with zero attached hydrogens (tertiary/aromatic N) is 1. The van der Waals surface area contributed by atoms with E-state index >= 15 is 0 Å². The maximum atomic E-state index is 12.5. The third kappa shape index (κ3) is 3.11. The van der Waals surface area contributed by atoms with Gasteiger partial charge in [-0.05, 0) is 36.8 Å². The summed E-state index contributed by atoms with van der Waals surface area (Å²) in [6.07, 6.45) is -4.39. The summed E-state index contributed by atoms with van der Waals surface area (Å²) in [7, 11) is -3.61. The zero-order valence-corrected chi connectivity index (χ0v) is 13.0. The fourth-order valence-corrected chi connectivity index (χ4v) is 3.95. The van der Waals surface area contributed by atoms with E-state index in [1.807, 2.05) is 6.92 Å². The molecule has 0 aliphatic carbocycles. The van der Waals surface area contributed by atoms with Crippen molar-refractivity contribution in [3.8, 4) is 0 Å².